The van der Waals surface area contributed by atoms with Crippen molar-refractivity contribution in [2.24, 2.45) is 5.92 Å². The number of benzene rings is 1. The molecule has 108 valence electrons. The molecule has 0 saturated carbocycles. The lowest BCUT2D eigenvalue weighted by atomic mass is 10.0. The zero-order valence-corrected chi connectivity index (χ0v) is 11.6. The minimum atomic E-state index is -0.975. The molecule has 6 heteroatoms. The van der Waals surface area contributed by atoms with E-state index < -0.39 is 23.8 Å². The molecule has 0 heterocycles. The summed E-state index contributed by atoms with van der Waals surface area (Å²) in [5, 5.41) is 14.0. The fraction of sp³-hybridized carbons (Fsp3) is 0.357. The van der Waals surface area contributed by atoms with Crippen molar-refractivity contribution in [1.29, 1.82) is 0 Å². The summed E-state index contributed by atoms with van der Waals surface area (Å²) in [5.74, 6) is -2.36. The van der Waals surface area contributed by atoms with E-state index in [-0.39, 0.29) is 5.91 Å². The SMILES string of the molecule is CNC(=O)c1cccc(C(=O)NC(C)C(C)C(=O)O)c1. The zero-order valence-electron chi connectivity index (χ0n) is 11.6. The van der Waals surface area contributed by atoms with Gasteiger partial charge in [-0.1, -0.05) is 6.07 Å². The number of nitrogens with one attached hydrogen (secondary N) is 2. The van der Waals surface area contributed by atoms with Crippen LogP contribution in [0.3, 0.4) is 0 Å². The number of hydrogen-bond acceptors (Lipinski definition) is 3. The van der Waals surface area contributed by atoms with Gasteiger partial charge in [0.05, 0.1) is 5.92 Å². The Kier molecular flexibility index (Phi) is 5.25. The third-order valence-corrected chi connectivity index (χ3v) is 3.11. The first-order valence-corrected chi connectivity index (χ1v) is 6.22. The Morgan fingerprint density at radius 3 is 2.15 bits per heavy atom. The molecule has 0 fully saturated rings. The quantitative estimate of drug-likeness (QED) is 0.745. The van der Waals surface area contributed by atoms with E-state index >= 15 is 0 Å². The van der Waals surface area contributed by atoms with Crippen molar-refractivity contribution in [3.8, 4) is 0 Å². The molecule has 0 aromatic heterocycles. The standard InChI is InChI=1S/C14H18N2O4/c1-8(14(19)20)9(2)16-13(18)11-6-4-5-10(7-11)12(17)15-3/h4-9H,1-3H3,(H,15,17)(H,16,18)(H,19,20). The Bertz CT molecular complexity index is 528. The smallest absolute Gasteiger partial charge is 0.308 e. The van der Waals surface area contributed by atoms with E-state index in [0.29, 0.717) is 11.1 Å². The van der Waals surface area contributed by atoms with Crippen LogP contribution in [0.15, 0.2) is 24.3 Å². The number of hydrogen-bond donors (Lipinski definition) is 3. The summed E-state index contributed by atoms with van der Waals surface area (Å²) in [5.41, 5.74) is 0.689. The molecule has 3 N–H and O–H groups in total. The van der Waals surface area contributed by atoms with E-state index in [4.69, 9.17) is 5.11 Å². The van der Waals surface area contributed by atoms with E-state index in [0.717, 1.165) is 0 Å². The number of carboxylic acid groups (broad SMARTS) is 1. The van der Waals surface area contributed by atoms with Crippen molar-refractivity contribution in [1.82, 2.24) is 10.6 Å². The topological polar surface area (TPSA) is 95.5 Å². The number of aliphatic carboxylic acids is 1. The van der Waals surface area contributed by atoms with Gasteiger partial charge in [-0.25, -0.2) is 0 Å². The molecule has 0 spiro atoms. The van der Waals surface area contributed by atoms with Gasteiger partial charge in [0.1, 0.15) is 0 Å². The highest BCUT2D eigenvalue weighted by molar-refractivity contribution is 5.99. The number of carboxylic acids is 1. The van der Waals surface area contributed by atoms with Gasteiger partial charge in [-0.2, -0.15) is 0 Å². The predicted molar refractivity (Wildman–Crippen MR) is 73.6 cm³/mol. The second kappa shape index (κ2) is 6.70. The van der Waals surface area contributed by atoms with Crippen LogP contribution >= 0.6 is 0 Å². The molecule has 0 bridgehead atoms. The minimum Gasteiger partial charge on any atom is -0.481 e. The molecule has 2 atom stereocenters. The van der Waals surface area contributed by atoms with E-state index in [2.05, 4.69) is 10.6 Å². The Labute approximate surface area is 117 Å². The van der Waals surface area contributed by atoms with E-state index in [1.54, 1.807) is 25.1 Å². The molecular weight excluding hydrogens is 260 g/mol. The van der Waals surface area contributed by atoms with Crippen LogP contribution in [0, 0.1) is 5.92 Å². The highest BCUT2D eigenvalue weighted by atomic mass is 16.4. The number of carbonyl (C=O) groups is 3. The van der Waals surface area contributed by atoms with Crippen molar-refractivity contribution >= 4 is 17.8 Å². The Hall–Kier alpha value is -2.37. The maximum absolute atomic E-state index is 12.0. The van der Waals surface area contributed by atoms with Crippen LogP contribution in [0.5, 0.6) is 0 Å². The van der Waals surface area contributed by atoms with Gasteiger partial charge < -0.3 is 15.7 Å². The molecule has 6 nitrogen and oxygen atoms in total. The predicted octanol–water partition coefficient (Wildman–Crippen LogP) is 0.885. The van der Waals surface area contributed by atoms with E-state index in [1.165, 1.54) is 20.0 Å². The third-order valence-electron chi connectivity index (χ3n) is 3.11. The van der Waals surface area contributed by atoms with Crippen LogP contribution in [0.25, 0.3) is 0 Å². The molecule has 0 aliphatic carbocycles. The van der Waals surface area contributed by atoms with Crippen LogP contribution in [-0.4, -0.2) is 36.0 Å². The van der Waals surface area contributed by atoms with Crippen molar-refractivity contribution in [2.75, 3.05) is 7.05 Å². The largest absolute Gasteiger partial charge is 0.481 e. The van der Waals surface area contributed by atoms with Gasteiger partial charge in [-0.15, -0.1) is 0 Å². The average Bonchev–Trinajstić information content (AvgIpc) is 2.45. The molecule has 0 aliphatic rings. The van der Waals surface area contributed by atoms with Gasteiger partial charge in [-0.05, 0) is 32.0 Å². The maximum Gasteiger partial charge on any atom is 0.308 e. The third kappa shape index (κ3) is 3.81. The number of rotatable bonds is 5. The number of amides is 2. The summed E-state index contributed by atoms with van der Waals surface area (Å²) >= 11 is 0. The summed E-state index contributed by atoms with van der Waals surface area (Å²) in [7, 11) is 1.51. The molecule has 2 amide bonds. The lowest BCUT2D eigenvalue weighted by Gasteiger charge is -2.17. The summed E-state index contributed by atoms with van der Waals surface area (Å²) in [4.78, 5) is 34.3. The van der Waals surface area contributed by atoms with Crippen molar-refractivity contribution in [2.45, 2.75) is 19.9 Å². The lowest BCUT2D eigenvalue weighted by molar-refractivity contribution is -0.141. The summed E-state index contributed by atoms with van der Waals surface area (Å²) in [6, 6.07) is 5.72. The molecule has 0 aliphatic heterocycles. The molecule has 0 saturated heterocycles. The Balaban J connectivity index is 2.83. The molecule has 1 aromatic carbocycles. The van der Waals surface area contributed by atoms with Crippen molar-refractivity contribution < 1.29 is 19.5 Å². The second-order valence-corrected chi connectivity index (χ2v) is 4.55. The lowest BCUT2D eigenvalue weighted by Crippen LogP contribution is -2.40. The van der Waals surface area contributed by atoms with Crippen molar-refractivity contribution in [3.05, 3.63) is 35.4 Å². The average molecular weight is 278 g/mol. The van der Waals surface area contributed by atoms with Gasteiger partial charge in [-0.3, -0.25) is 14.4 Å². The maximum atomic E-state index is 12.0. The van der Waals surface area contributed by atoms with Gasteiger partial charge >= 0.3 is 5.97 Å². The van der Waals surface area contributed by atoms with Gasteiger partial charge in [0.2, 0.25) is 0 Å². The first kappa shape index (κ1) is 15.7. The van der Waals surface area contributed by atoms with Crippen molar-refractivity contribution in [3.63, 3.8) is 0 Å². The van der Waals surface area contributed by atoms with Gasteiger partial charge in [0, 0.05) is 24.2 Å². The first-order chi connectivity index (χ1) is 9.36. The monoisotopic (exact) mass is 278 g/mol. The molecule has 1 rings (SSSR count). The van der Waals surface area contributed by atoms with Crippen LogP contribution in [-0.2, 0) is 4.79 Å². The fourth-order valence-corrected chi connectivity index (χ4v) is 1.57. The van der Waals surface area contributed by atoms with Crippen LogP contribution < -0.4 is 10.6 Å². The highest BCUT2D eigenvalue weighted by Gasteiger charge is 2.21. The first-order valence-electron chi connectivity index (χ1n) is 6.22. The molecule has 2 unspecified atom stereocenters. The fourth-order valence-electron chi connectivity index (χ4n) is 1.57. The molecule has 20 heavy (non-hydrogen) atoms. The van der Waals surface area contributed by atoms with E-state index in [1.807, 2.05) is 0 Å². The molecular formula is C14H18N2O4. The summed E-state index contributed by atoms with van der Waals surface area (Å²) in [6.07, 6.45) is 0. The van der Waals surface area contributed by atoms with E-state index in [9.17, 15) is 14.4 Å². The summed E-state index contributed by atoms with van der Waals surface area (Å²) < 4.78 is 0. The van der Waals surface area contributed by atoms with Crippen LogP contribution in [0.4, 0.5) is 0 Å². The Morgan fingerprint density at radius 1 is 1.10 bits per heavy atom. The second-order valence-electron chi connectivity index (χ2n) is 4.55. The molecule has 0 radical (unpaired) electrons. The summed E-state index contributed by atoms with van der Waals surface area (Å²) in [6.45, 7) is 3.15. The normalized spacial score (nSPS) is 13.2. The molecule has 1 aromatic rings. The zero-order chi connectivity index (χ0) is 15.3. The minimum absolute atomic E-state index is 0.286. The van der Waals surface area contributed by atoms with Gasteiger partial charge in [0.15, 0.2) is 0 Å². The van der Waals surface area contributed by atoms with Gasteiger partial charge in [0.25, 0.3) is 11.8 Å². The number of carbonyl (C=O) groups excluding carboxylic acids is 2. The van der Waals surface area contributed by atoms with Crippen LogP contribution in [0.1, 0.15) is 34.6 Å². The van der Waals surface area contributed by atoms with Crippen LogP contribution in [0.2, 0.25) is 0 Å². The highest BCUT2D eigenvalue weighted by Crippen LogP contribution is 2.08. The Morgan fingerprint density at radius 2 is 1.65 bits per heavy atom.